The van der Waals surface area contributed by atoms with Crippen molar-refractivity contribution in [3.05, 3.63) is 18.2 Å². The van der Waals surface area contributed by atoms with Crippen molar-refractivity contribution >= 4 is 11.8 Å². The summed E-state index contributed by atoms with van der Waals surface area (Å²) in [6, 6.07) is 0. The summed E-state index contributed by atoms with van der Waals surface area (Å²) in [5.74, 6) is 1.30. The molecule has 0 atom stereocenters. The third-order valence-electron chi connectivity index (χ3n) is 0.836. The maximum atomic E-state index is 10.7. The Morgan fingerprint density at radius 2 is 2.40 bits per heavy atom. The van der Waals surface area contributed by atoms with E-state index in [1.54, 1.807) is 12.9 Å². The molecule has 3 nitrogen and oxygen atoms in total. The summed E-state index contributed by atoms with van der Waals surface area (Å²) < 4.78 is 0. The van der Waals surface area contributed by atoms with E-state index in [1.165, 1.54) is 6.08 Å². The first-order valence-electron chi connectivity index (χ1n) is 2.81. The highest BCUT2D eigenvalue weighted by molar-refractivity contribution is 5.92. The molecule has 0 unspecified atom stereocenters. The third kappa shape index (κ3) is 3.64. The second kappa shape index (κ2) is 4.53. The summed E-state index contributed by atoms with van der Waals surface area (Å²) in [6.07, 6.45) is 1.20. The third-order valence-corrected chi connectivity index (χ3v) is 0.836. The molecule has 0 aliphatic rings. The first kappa shape index (κ1) is 8.66. The number of rotatable bonds is 3. The highest BCUT2D eigenvalue weighted by atomic mass is 16.1. The van der Waals surface area contributed by atoms with Crippen LogP contribution in [0.4, 0.5) is 0 Å². The molecule has 0 spiro atoms. The molecule has 0 rings (SSSR count). The van der Waals surface area contributed by atoms with E-state index < -0.39 is 0 Å². The molecule has 0 bridgehead atoms. The van der Waals surface area contributed by atoms with Gasteiger partial charge < -0.3 is 5.32 Å². The van der Waals surface area contributed by atoms with Gasteiger partial charge in [-0.2, -0.15) is 0 Å². The van der Waals surface area contributed by atoms with Crippen LogP contribution < -0.4 is 5.32 Å². The normalized spacial score (nSPS) is 7.70. The van der Waals surface area contributed by atoms with Crippen molar-refractivity contribution in [2.24, 2.45) is 0 Å². The van der Waals surface area contributed by atoms with Crippen LogP contribution >= 0.6 is 0 Å². The smallest absolute Gasteiger partial charge is 0.246 e. The molecule has 0 aromatic heterocycles. The van der Waals surface area contributed by atoms with Gasteiger partial charge in [0.1, 0.15) is 5.94 Å². The SMILES string of the molecule is C=C(C)C(=O)NCC=C=O. The summed E-state index contributed by atoms with van der Waals surface area (Å²) in [4.78, 5) is 20.3. The summed E-state index contributed by atoms with van der Waals surface area (Å²) in [6.45, 7) is 5.22. The lowest BCUT2D eigenvalue weighted by molar-refractivity contribution is -0.117. The van der Waals surface area contributed by atoms with Gasteiger partial charge in [-0.1, -0.05) is 6.58 Å². The van der Waals surface area contributed by atoms with Crippen molar-refractivity contribution < 1.29 is 9.59 Å². The second-order valence-corrected chi connectivity index (χ2v) is 1.81. The Balaban J connectivity index is 3.60. The van der Waals surface area contributed by atoms with Gasteiger partial charge in [-0.15, -0.1) is 0 Å². The zero-order valence-corrected chi connectivity index (χ0v) is 5.81. The number of hydrogen-bond acceptors (Lipinski definition) is 2. The van der Waals surface area contributed by atoms with Crippen LogP contribution in [0.1, 0.15) is 6.92 Å². The van der Waals surface area contributed by atoms with Crippen LogP contribution in [0.25, 0.3) is 0 Å². The molecule has 0 saturated heterocycles. The first-order valence-corrected chi connectivity index (χ1v) is 2.81. The molecule has 0 aromatic carbocycles. The summed E-state index contributed by atoms with van der Waals surface area (Å²) >= 11 is 0. The maximum Gasteiger partial charge on any atom is 0.246 e. The fraction of sp³-hybridized carbons (Fsp3) is 0.286. The average Bonchev–Trinajstić information content (AvgIpc) is 1.88. The number of hydrogen-bond donors (Lipinski definition) is 1. The molecule has 1 amide bonds. The van der Waals surface area contributed by atoms with Crippen LogP contribution in [-0.2, 0) is 9.59 Å². The molecule has 0 radical (unpaired) electrons. The molecular formula is C7H9NO2. The van der Waals surface area contributed by atoms with E-state index in [4.69, 9.17) is 0 Å². The van der Waals surface area contributed by atoms with Gasteiger partial charge in [0.25, 0.3) is 0 Å². The van der Waals surface area contributed by atoms with Gasteiger partial charge in [-0.25, -0.2) is 4.79 Å². The van der Waals surface area contributed by atoms with Gasteiger partial charge >= 0.3 is 0 Å². The highest BCUT2D eigenvalue weighted by Crippen LogP contribution is 1.83. The summed E-state index contributed by atoms with van der Waals surface area (Å²) in [7, 11) is 0. The Morgan fingerprint density at radius 3 is 2.80 bits per heavy atom. The molecule has 54 valence electrons. The minimum atomic E-state index is -0.244. The molecular weight excluding hydrogens is 130 g/mol. The van der Waals surface area contributed by atoms with Gasteiger partial charge in [0.15, 0.2) is 0 Å². The lowest BCUT2D eigenvalue weighted by atomic mass is 10.3. The molecule has 3 heteroatoms. The van der Waals surface area contributed by atoms with Crippen molar-refractivity contribution in [1.29, 1.82) is 0 Å². The quantitative estimate of drug-likeness (QED) is 0.444. The van der Waals surface area contributed by atoms with Crippen molar-refractivity contribution in [3.63, 3.8) is 0 Å². The van der Waals surface area contributed by atoms with Crippen molar-refractivity contribution in [2.45, 2.75) is 6.92 Å². The largest absolute Gasteiger partial charge is 0.348 e. The van der Waals surface area contributed by atoms with E-state index >= 15 is 0 Å². The minimum Gasteiger partial charge on any atom is -0.348 e. The van der Waals surface area contributed by atoms with Gasteiger partial charge in [0.2, 0.25) is 5.91 Å². The first-order chi connectivity index (χ1) is 4.68. The zero-order valence-electron chi connectivity index (χ0n) is 5.81. The van der Waals surface area contributed by atoms with E-state index in [1.807, 2.05) is 0 Å². The highest BCUT2D eigenvalue weighted by Gasteiger charge is 1.96. The van der Waals surface area contributed by atoms with Gasteiger partial charge in [-0.05, 0) is 6.92 Å². The fourth-order valence-electron chi connectivity index (χ4n) is 0.336. The molecule has 0 aliphatic carbocycles. The van der Waals surface area contributed by atoms with Gasteiger partial charge in [0, 0.05) is 18.2 Å². The average molecular weight is 139 g/mol. The lowest BCUT2D eigenvalue weighted by Gasteiger charge is -1.97. The van der Waals surface area contributed by atoms with Crippen molar-refractivity contribution in [3.8, 4) is 0 Å². The number of carbonyl (C=O) groups excluding carboxylic acids is 2. The molecule has 0 heterocycles. The molecule has 0 aromatic rings. The van der Waals surface area contributed by atoms with Crippen LogP contribution in [0.5, 0.6) is 0 Å². The molecule has 10 heavy (non-hydrogen) atoms. The Hall–Kier alpha value is -1.34. The Bertz CT molecular complexity index is 190. The van der Waals surface area contributed by atoms with E-state index in [2.05, 4.69) is 11.9 Å². The fourth-order valence-corrected chi connectivity index (χ4v) is 0.336. The summed E-state index contributed by atoms with van der Waals surface area (Å²) in [5, 5.41) is 2.43. The van der Waals surface area contributed by atoms with Crippen molar-refractivity contribution in [1.82, 2.24) is 5.32 Å². The predicted octanol–water partition coefficient (Wildman–Crippen LogP) is 0.0665. The van der Waals surface area contributed by atoms with E-state index in [0.29, 0.717) is 5.57 Å². The van der Waals surface area contributed by atoms with E-state index in [0.717, 1.165) is 0 Å². The maximum absolute atomic E-state index is 10.7. The molecule has 1 N–H and O–H groups in total. The van der Waals surface area contributed by atoms with Crippen molar-refractivity contribution in [2.75, 3.05) is 6.54 Å². The van der Waals surface area contributed by atoms with Gasteiger partial charge in [-0.3, -0.25) is 4.79 Å². The Kier molecular flexibility index (Phi) is 3.92. The number of amides is 1. The van der Waals surface area contributed by atoms with Crippen LogP contribution in [-0.4, -0.2) is 18.4 Å². The molecule has 0 saturated carbocycles. The standard InChI is InChI=1S/C7H9NO2/c1-6(2)7(10)8-4-3-5-9/h3H,1,4H2,2H3,(H,8,10). The number of nitrogens with one attached hydrogen (secondary N) is 1. The van der Waals surface area contributed by atoms with Gasteiger partial charge in [0.05, 0.1) is 0 Å². The summed E-state index contributed by atoms with van der Waals surface area (Å²) in [5.41, 5.74) is 0.430. The zero-order chi connectivity index (χ0) is 7.98. The Morgan fingerprint density at radius 1 is 1.80 bits per heavy atom. The minimum absolute atomic E-state index is 0.217. The van der Waals surface area contributed by atoms with Crippen LogP contribution in [0.2, 0.25) is 0 Å². The molecule has 0 fully saturated rings. The predicted molar refractivity (Wildman–Crippen MR) is 38.1 cm³/mol. The van der Waals surface area contributed by atoms with E-state index in [9.17, 15) is 9.59 Å². The number of carbonyl (C=O) groups is 1. The topological polar surface area (TPSA) is 46.2 Å². The Labute approximate surface area is 59.4 Å². The monoisotopic (exact) mass is 139 g/mol. The lowest BCUT2D eigenvalue weighted by Crippen LogP contribution is -2.23. The second-order valence-electron chi connectivity index (χ2n) is 1.81. The van der Waals surface area contributed by atoms with Crippen LogP contribution in [0, 0.1) is 0 Å². The van der Waals surface area contributed by atoms with Crippen LogP contribution in [0.3, 0.4) is 0 Å². The van der Waals surface area contributed by atoms with E-state index in [-0.39, 0.29) is 12.5 Å². The van der Waals surface area contributed by atoms with Crippen LogP contribution in [0.15, 0.2) is 18.2 Å². The molecule has 0 aliphatic heterocycles.